The third kappa shape index (κ3) is 5.48. The van der Waals surface area contributed by atoms with E-state index in [1.54, 1.807) is 13.2 Å². The average Bonchev–Trinajstić information content (AvgIpc) is 2.88. The second kappa shape index (κ2) is 10.1. The lowest BCUT2D eigenvalue weighted by atomic mass is 10.0. The van der Waals surface area contributed by atoms with Crippen molar-refractivity contribution < 1.29 is 19.0 Å². The molecule has 5 heteroatoms. The van der Waals surface area contributed by atoms with Gasteiger partial charge in [0.1, 0.15) is 24.8 Å². The minimum Gasteiger partial charge on any atom is -0.497 e. The normalized spacial score (nSPS) is 16.5. The van der Waals surface area contributed by atoms with Crippen LogP contribution in [0.15, 0.2) is 42.5 Å². The number of aliphatic hydroxyl groups is 1. The number of nitrogens with zero attached hydrogens (tertiary/aromatic N) is 1. The average molecular weight is 383 g/mol. The van der Waals surface area contributed by atoms with Gasteiger partial charge in [-0.15, -0.1) is 0 Å². The van der Waals surface area contributed by atoms with Crippen LogP contribution in [0.4, 0.5) is 4.39 Å². The lowest BCUT2D eigenvalue weighted by Crippen LogP contribution is -2.29. The Labute approximate surface area is 165 Å². The highest BCUT2D eigenvalue weighted by atomic mass is 19.1. The Morgan fingerprint density at radius 1 is 1.21 bits per heavy atom. The first-order valence-corrected chi connectivity index (χ1v) is 9.54. The van der Waals surface area contributed by atoms with Crippen molar-refractivity contribution in [3.05, 3.63) is 59.2 Å². The lowest BCUT2D eigenvalue weighted by molar-refractivity contribution is 0.121. The zero-order chi connectivity index (χ0) is 19.8. The van der Waals surface area contributed by atoms with Crippen molar-refractivity contribution in [1.82, 2.24) is 4.90 Å². The quantitative estimate of drug-likeness (QED) is 0.777. The zero-order valence-electron chi connectivity index (χ0n) is 16.2. The molecular formula is C23H26FNO3. The van der Waals surface area contributed by atoms with Gasteiger partial charge in [0, 0.05) is 31.6 Å². The fraction of sp³-hybridized carbons (Fsp3) is 0.391. The van der Waals surface area contributed by atoms with Gasteiger partial charge in [-0.3, -0.25) is 4.90 Å². The molecule has 1 heterocycles. The molecule has 1 aliphatic heterocycles. The second-order valence-electron chi connectivity index (χ2n) is 6.75. The van der Waals surface area contributed by atoms with Crippen LogP contribution in [0, 0.1) is 11.8 Å². The summed E-state index contributed by atoms with van der Waals surface area (Å²) in [7, 11) is 1.66. The SMILES string of the molecule is COc1ccc2c(c1)CCN(CCC#Cc1cccc(OCCF)c1)CC2O. The molecule has 1 unspecified atom stereocenters. The number of benzene rings is 2. The van der Waals surface area contributed by atoms with Gasteiger partial charge >= 0.3 is 0 Å². The molecule has 1 N–H and O–H groups in total. The molecule has 1 atom stereocenters. The van der Waals surface area contributed by atoms with E-state index >= 15 is 0 Å². The van der Waals surface area contributed by atoms with E-state index < -0.39 is 12.8 Å². The maximum atomic E-state index is 12.2. The van der Waals surface area contributed by atoms with Gasteiger partial charge in [-0.25, -0.2) is 4.39 Å². The second-order valence-corrected chi connectivity index (χ2v) is 6.75. The molecule has 28 heavy (non-hydrogen) atoms. The van der Waals surface area contributed by atoms with Gasteiger partial charge in [0.05, 0.1) is 13.2 Å². The van der Waals surface area contributed by atoms with E-state index in [0.29, 0.717) is 18.7 Å². The molecule has 3 rings (SSSR count). The predicted octanol–water partition coefficient (Wildman–Crippen LogP) is 3.38. The number of methoxy groups -OCH3 is 1. The summed E-state index contributed by atoms with van der Waals surface area (Å²) in [5.74, 6) is 7.77. The summed E-state index contributed by atoms with van der Waals surface area (Å²) in [6, 6.07) is 13.3. The van der Waals surface area contributed by atoms with E-state index in [0.717, 1.165) is 42.0 Å². The topological polar surface area (TPSA) is 41.9 Å². The summed E-state index contributed by atoms with van der Waals surface area (Å²) >= 11 is 0. The summed E-state index contributed by atoms with van der Waals surface area (Å²) in [4.78, 5) is 2.24. The van der Waals surface area contributed by atoms with Gasteiger partial charge in [0.2, 0.25) is 0 Å². The number of hydrogen-bond donors (Lipinski definition) is 1. The van der Waals surface area contributed by atoms with Gasteiger partial charge < -0.3 is 14.6 Å². The van der Waals surface area contributed by atoms with Crippen molar-refractivity contribution in [2.45, 2.75) is 18.9 Å². The molecule has 0 spiro atoms. The smallest absolute Gasteiger partial charge is 0.123 e. The first-order chi connectivity index (χ1) is 13.7. The van der Waals surface area contributed by atoms with Crippen molar-refractivity contribution >= 4 is 0 Å². The van der Waals surface area contributed by atoms with E-state index in [2.05, 4.69) is 16.7 Å². The molecule has 0 radical (unpaired) electrons. The van der Waals surface area contributed by atoms with E-state index in [9.17, 15) is 9.50 Å². The highest BCUT2D eigenvalue weighted by molar-refractivity contribution is 5.40. The summed E-state index contributed by atoms with van der Waals surface area (Å²) in [5, 5.41) is 10.6. The Bertz CT molecular complexity index is 843. The van der Waals surface area contributed by atoms with Crippen LogP contribution in [-0.2, 0) is 6.42 Å². The van der Waals surface area contributed by atoms with Crippen molar-refractivity contribution in [2.24, 2.45) is 0 Å². The van der Waals surface area contributed by atoms with E-state index in [-0.39, 0.29) is 6.61 Å². The molecular weight excluding hydrogens is 357 g/mol. The minimum atomic E-state index is -0.506. The van der Waals surface area contributed by atoms with Crippen LogP contribution in [-0.4, -0.2) is 50.0 Å². The maximum Gasteiger partial charge on any atom is 0.123 e. The molecule has 0 fully saturated rings. The number of fused-ring (bicyclic) bond motifs is 1. The molecule has 148 valence electrons. The van der Waals surface area contributed by atoms with Gasteiger partial charge in [0.15, 0.2) is 0 Å². The van der Waals surface area contributed by atoms with Crippen LogP contribution in [0.2, 0.25) is 0 Å². The number of aliphatic hydroxyl groups excluding tert-OH is 1. The molecule has 0 amide bonds. The molecule has 1 aliphatic rings. The van der Waals surface area contributed by atoms with E-state index in [1.807, 2.05) is 36.4 Å². The van der Waals surface area contributed by atoms with Gasteiger partial charge in [-0.2, -0.15) is 0 Å². The van der Waals surface area contributed by atoms with Crippen LogP contribution in [0.1, 0.15) is 29.2 Å². The van der Waals surface area contributed by atoms with Gasteiger partial charge in [-0.05, 0) is 47.9 Å². The van der Waals surface area contributed by atoms with Crippen molar-refractivity contribution in [3.63, 3.8) is 0 Å². The molecule has 0 saturated carbocycles. The van der Waals surface area contributed by atoms with Gasteiger partial charge in [-0.1, -0.05) is 24.0 Å². The van der Waals surface area contributed by atoms with Crippen LogP contribution < -0.4 is 9.47 Å². The molecule has 0 aromatic heterocycles. The molecule has 4 nitrogen and oxygen atoms in total. The number of halogens is 1. The van der Waals surface area contributed by atoms with Crippen molar-refractivity contribution in [1.29, 1.82) is 0 Å². The largest absolute Gasteiger partial charge is 0.497 e. The van der Waals surface area contributed by atoms with E-state index in [4.69, 9.17) is 9.47 Å². The highest BCUT2D eigenvalue weighted by Gasteiger charge is 2.21. The Morgan fingerprint density at radius 3 is 2.93 bits per heavy atom. The standard InChI is InChI=1S/C23H26FNO3/c1-27-20-8-9-22-19(16-20)10-13-25(17-23(22)26)12-3-2-5-18-6-4-7-21(15-18)28-14-11-24/h4,6-9,15-16,23,26H,3,10-14,17H2,1H3. The van der Waals surface area contributed by atoms with Crippen molar-refractivity contribution in [2.75, 3.05) is 40.0 Å². The predicted molar refractivity (Wildman–Crippen MR) is 108 cm³/mol. The van der Waals surface area contributed by atoms with Crippen LogP contribution in [0.5, 0.6) is 11.5 Å². The summed E-state index contributed by atoms with van der Waals surface area (Å²) in [5.41, 5.74) is 2.98. The molecule has 0 bridgehead atoms. The number of alkyl halides is 1. The highest BCUT2D eigenvalue weighted by Crippen LogP contribution is 2.27. The number of hydrogen-bond acceptors (Lipinski definition) is 4. The fourth-order valence-corrected chi connectivity index (χ4v) is 3.37. The first-order valence-electron chi connectivity index (χ1n) is 9.54. The Hall–Kier alpha value is -2.55. The summed E-state index contributed by atoms with van der Waals surface area (Å²) in [6.07, 6.45) is 1.09. The Kier molecular flexibility index (Phi) is 7.30. The van der Waals surface area contributed by atoms with Crippen LogP contribution >= 0.6 is 0 Å². The van der Waals surface area contributed by atoms with Crippen LogP contribution in [0.25, 0.3) is 0 Å². The number of ether oxygens (including phenoxy) is 2. The fourth-order valence-electron chi connectivity index (χ4n) is 3.37. The van der Waals surface area contributed by atoms with Crippen molar-refractivity contribution in [3.8, 4) is 23.3 Å². The third-order valence-corrected chi connectivity index (χ3v) is 4.80. The third-order valence-electron chi connectivity index (χ3n) is 4.80. The van der Waals surface area contributed by atoms with Crippen LogP contribution in [0.3, 0.4) is 0 Å². The summed E-state index contributed by atoms with van der Waals surface area (Å²) < 4.78 is 22.8. The molecule has 2 aromatic carbocycles. The maximum absolute atomic E-state index is 12.2. The van der Waals surface area contributed by atoms with E-state index in [1.165, 1.54) is 0 Å². The first kappa shape index (κ1) is 20.2. The Balaban J connectivity index is 1.54. The minimum absolute atomic E-state index is 0.0580. The zero-order valence-corrected chi connectivity index (χ0v) is 16.2. The number of rotatable bonds is 6. The Morgan fingerprint density at radius 2 is 2.11 bits per heavy atom. The number of β-amino-alcohol motifs (C(OH)–C–C–N with tert-alkyl or cyclic N) is 1. The molecule has 0 aliphatic carbocycles. The van der Waals surface area contributed by atoms with Gasteiger partial charge in [0.25, 0.3) is 0 Å². The lowest BCUT2D eigenvalue weighted by Gasteiger charge is -2.20. The molecule has 0 saturated heterocycles. The summed E-state index contributed by atoms with van der Waals surface area (Å²) in [6.45, 7) is 1.84. The monoisotopic (exact) mass is 383 g/mol. The molecule has 2 aromatic rings.